The predicted molar refractivity (Wildman–Crippen MR) is 109 cm³/mol. The molecule has 27 heavy (non-hydrogen) atoms. The highest BCUT2D eigenvalue weighted by Crippen LogP contribution is 2.28. The topological polar surface area (TPSA) is 75.1 Å². The highest BCUT2D eigenvalue weighted by molar-refractivity contribution is 7.99. The molecule has 0 atom stereocenters. The number of aromatic nitrogens is 4. The van der Waals surface area contributed by atoms with Crippen LogP contribution in [-0.2, 0) is 4.79 Å². The summed E-state index contributed by atoms with van der Waals surface area (Å²) in [5, 5.41) is 11.0. The molecule has 4 rings (SSSR count). The van der Waals surface area contributed by atoms with Gasteiger partial charge in [0.15, 0.2) is 5.16 Å². The van der Waals surface area contributed by atoms with E-state index in [0.29, 0.717) is 11.7 Å². The average molecular weight is 379 g/mol. The van der Waals surface area contributed by atoms with Crippen LogP contribution in [-0.4, -0.2) is 31.2 Å². The average Bonchev–Trinajstić information content (AvgIpc) is 3.20. The van der Waals surface area contributed by atoms with Crippen molar-refractivity contribution >= 4 is 40.2 Å². The number of hydrogen-bond acceptors (Lipinski definition) is 4. The third-order valence-corrected chi connectivity index (χ3v) is 5.47. The van der Waals surface area contributed by atoms with Crippen LogP contribution >= 0.6 is 11.8 Å². The molecule has 0 radical (unpaired) electrons. The van der Waals surface area contributed by atoms with E-state index in [1.54, 1.807) is 0 Å². The van der Waals surface area contributed by atoms with Crippen molar-refractivity contribution in [2.45, 2.75) is 31.8 Å². The van der Waals surface area contributed by atoms with Crippen LogP contribution in [0.3, 0.4) is 0 Å². The van der Waals surface area contributed by atoms with E-state index in [9.17, 15) is 4.79 Å². The van der Waals surface area contributed by atoms with Gasteiger partial charge in [0.1, 0.15) is 0 Å². The summed E-state index contributed by atoms with van der Waals surface area (Å²) in [6.45, 7) is 6.27. The number of rotatable bonds is 5. The fourth-order valence-corrected chi connectivity index (χ4v) is 3.94. The van der Waals surface area contributed by atoms with E-state index < -0.39 is 0 Å². The molecule has 0 bridgehead atoms. The number of nitrogens with zero attached hydrogens (tertiary/aromatic N) is 3. The number of aromatic amines is 1. The SMILES string of the molecule is Cc1cccc(C(C)C)c1NC(=O)CSc1n[nH]c2nc3ccccc3n12. The number of para-hydroxylation sites is 3. The Hall–Kier alpha value is -2.80. The molecule has 7 heteroatoms. The van der Waals surface area contributed by atoms with Gasteiger partial charge in [0.25, 0.3) is 0 Å². The van der Waals surface area contributed by atoms with E-state index in [0.717, 1.165) is 33.0 Å². The molecule has 0 aliphatic rings. The molecule has 0 aliphatic heterocycles. The molecule has 1 amide bonds. The monoisotopic (exact) mass is 379 g/mol. The van der Waals surface area contributed by atoms with Crippen LogP contribution in [0.5, 0.6) is 0 Å². The first-order valence-corrected chi connectivity index (χ1v) is 9.87. The van der Waals surface area contributed by atoms with Crippen LogP contribution in [0.4, 0.5) is 5.69 Å². The summed E-state index contributed by atoms with van der Waals surface area (Å²) >= 11 is 1.39. The van der Waals surface area contributed by atoms with Gasteiger partial charge in [-0.05, 0) is 36.1 Å². The number of H-pyrrole nitrogens is 1. The molecule has 2 N–H and O–H groups in total. The van der Waals surface area contributed by atoms with E-state index in [1.165, 1.54) is 11.8 Å². The van der Waals surface area contributed by atoms with E-state index in [1.807, 2.05) is 47.7 Å². The number of imidazole rings is 1. The van der Waals surface area contributed by atoms with E-state index >= 15 is 0 Å². The Bertz CT molecular complexity index is 1130. The number of carbonyl (C=O) groups excluding carboxylic acids is 1. The highest BCUT2D eigenvalue weighted by Gasteiger charge is 2.15. The van der Waals surface area contributed by atoms with Gasteiger partial charge in [0.05, 0.1) is 16.8 Å². The molecule has 0 saturated carbocycles. The van der Waals surface area contributed by atoms with Crippen molar-refractivity contribution in [2.75, 3.05) is 11.1 Å². The summed E-state index contributed by atoms with van der Waals surface area (Å²) in [7, 11) is 0. The summed E-state index contributed by atoms with van der Waals surface area (Å²) in [6.07, 6.45) is 0. The third kappa shape index (κ3) is 3.30. The van der Waals surface area contributed by atoms with Crippen molar-refractivity contribution in [1.82, 2.24) is 19.6 Å². The second-order valence-electron chi connectivity index (χ2n) is 6.80. The van der Waals surface area contributed by atoms with Gasteiger partial charge >= 0.3 is 0 Å². The summed E-state index contributed by atoms with van der Waals surface area (Å²) in [5.74, 6) is 1.26. The molecule has 0 aliphatic carbocycles. The van der Waals surface area contributed by atoms with Crippen LogP contribution < -0.4 is 5.32 Å². The molecule has 2 aromatic carbocycles. The molecule has 6 nitrogen and oxygen atoms in total. The minimum atomic E-state index is -0.0447. The van der Waals surface area contributed by atoms with Gasteiger partial charge in [-0.1, -0.05) is 55.9 Å². The van der Waals surface area contributed by atoms with Gasteiger partial charge in [0.2, 0.25) is 11.7 Å². The minimum absolute atomic E-state index is 0.0447. The van der Waals surface area contributed by atoms with E-state index in [4.69, 9.17) is 0 Å². The Balaban J connectivity index is 1.53. The Morgan fingerprint density at radius 3 is 2.85 bits per heavy atom. The Kier molecular flexibility index (Phi) is 4.61. The summed E-state index contributed by atoms with van der Waals surface area (Å²) in [4.78, 5) is 17.1. The molecule has 0 unspecified atom stereocenters. The number of nitrogens with one attached hydrogen (secondary N) is 2. The first kappa shape index (κ1) is 17.6. The number of thioether (sulfide) groups is 1. The Morgan fingerprint density at radius 2 is 2.04 bits per heavy atom. The second-order valence-corrected chi connectivity index (χ2v) is 7.74. The predicted octanol–water partition coefficient (Wildman–Crippen LogP) is 4.37. The van der Waals surface area contributed by atoms with Crippen LogP contribution in [0.2, 0.25) is 0 Å². The van der Waals surface area contributed by atoms with Crippen LogP contribution in [0.1, 0.15) is 30.9 Å². The minimum Gasteiger partial charge on any atom is -0.325 e. The van der Waals surface area contributed by atoms with Gasteiger partial charge in [-0.25, -0.2) is 10.1 Å². The first-order valence-electron chi connectivity index (χ1n) is 8.88. The molecule has 4 aromatic rings. The number of anilines is 1. The van der Waals surface area contributed by atoms with Crippen LogP contribution in [0.15, 0.2) is 47.6 Å². The van der Waals surface area contributed by atoms with Crippen molar-refractivity contribution in [3.63, 3.8) is 0 Å². The molecular formula is C20H21N5OS. The maximum atomic E-state index is 12.6. The standard InChI is InChI=1S/C20H21N5OS/c1-12(2)14-8-6-7-13(3)18(14)22-17(26)11-27-20-24-23-19-21-15-9-4-5-10-16(15)25(19)20/h4-10,12H,11H2,1-3H3,(H,21,23)(H,22,26). The molecule has 2 aromatic heterocycles. The number of aryl methyl sites for hydroxylation is 1. The largest absolute Gasteiger partial charge is 0.325 e. The number of benzene rings is 2. The highest BCUT2D eigenvalue weighted by atomic mass is 32.2. The summed E-state index contributed by atoms with van der Waals surface area (Å²) in [6, 6.07) is 14.0. The molecule has 2 heterocycles. The third-order valence-electron chi connectivity index (χ3n) is 4.53. The zero-order valence-electron chi connectivity index (χ0n) is 15.5. The maximum Gasteiger partial charge on any atom is 0.234 e. The lowest BCUT2D eigenvalue weighted by Crippen LogP contribution is -2.17. The van der Waals surface area contributed by atoms with Crippen molar-refractivity contribution in [3.05, 3.63) is 53.6 Å². The zero-order chi connectivity index (χ0) is 19.0. The first-order chi connectivity index (χ1) is 13.0. The van der Waals surface area contributed by atoms with Crippen LogP contribution in [0.25, 0.3) is 16.8 Å². The quantitative estimate of drug-likeness (QED) is 0.505. The van der Waals surface area contributed by atoms with Gasteiger partial charge in [-0.2, -0.15) is 0 Å². The number of carbonyl (C=O) groups is 1. The fraction of sp³-hybridized carbons (Fsp3) is 0.250. The molecular weight excluding hydrogens is 358 g/mol. The number of amides is 1. The molecule has 0 spiro atoms. The normalized spacial score (nSPS) is 11.6. The Labute approximate surface area is 161 Å². The molecule has 0 fully saturated rings. The maximum absolute atomic E-state index is 12.6. The van der Waals surface area contributed by atoms with Gasteiger partial charge < -0.3 is 5.32 Å². The second kappa shape index (κ2) is 7.08. The number of hydrogen-bond donors (Lipinski definition) is 2. The Morgan fingerprint density at radius 1 is 1.22 bits per heavy atom. The summed E-state index contributed by atoms with van der Waals surface area (Å²) < 4.78 is 1.95. The lowest BCUT2D eigenvalue weighted by Gasteiger charge is -2.16. The van der Waals surface area contributed by atoms with E-state index in [2.05, 4.69) is 40.4 Å². The van der Waals surface area contributed by atoms with Gasteiger partial charge in [-0.15, -0.1) is 5.10 Å². The lowest BCUT2D eigenvalue weighted by atomic mass is 9.98. The number of fused-ring (bicyclic) bond motifs is 3. The molecule has 138 valence electrons. The fourth-order valence-electron chi connectivity index (χ4n) is 3.19. The van der Waals surface area contributed by atoms with Crippen molar-refractivity contribution in [2.24, 2.45) is 0 Å². The zero-order valence-corrected chi connectivity index (χ0v) is 16.3. The van der Waals surface area contributed by atoms with Gasteiger partial charge in [0, 0.05) is 5.69 Å². The van der Waals surface area contributed by atoms with Crippen molar-refractivity contribution < 1.29 is 4.79 Å². The van der Waals surface area contributed by atoms with E-state index in [-0.39, 0.29) is 11.7 Å². The summed E-state index contributed by atoms with van der Waals surface area (Å²) in [5.41, 5.74) is 5.01. The smallest absolute Gasteiger partial charge is 0.234 e. The lowest BCUT2D eigenvalue weighted by molar-refractivity contribution is -0.113. The van der Waals surface area contributed by atoms with Gasteiger partial charge in [-0.3, -0.25) is 9.20 Å². The van der Waals surface area contributed by atoms with Crippen molar-refractivity contribution in [3.8, 4) is 0 Å². The van der Waals surface area contributed by atoms with Crippen LogP contribution in [0, 0.1) is 6.92 Å². The molecule has 0 saturated heterocycles. The van der Waals surface area contributed by atoms with Crippen molar-refractivity contribution in [1.29, 1.82) is 0 Å².